The molecule has 0 aliphatic heterocycles. The van der Waals surface area contributed by atoms with Gasteiger partial charge in [-0.15, -0.1) is 0 Å². The van der Waals surface area contributed by atoms with Crippen LogP contribution in [0, 0.1) is 5.41 Å². The lowest BCUT2D eigenvalue weighted by atomic mass is 9.87. The minimum absolute atomic E-state index is 0.0335. The molecule has 3 aromatic rings. The zero-order chi connectivity index (χ0) is 18.9. The second kappa shape index (κ2) is 6.83. The Morgan fingerprint density at radius 2 is 1.58 bits per heavy atom. The van der Waals surface area contributed by atoms with Crippen molar-refractivity contribution in [2.75, 3.05) is 7.11 Å². The Bertz CT molecular complexity index is 989. The van der Waals surface area contributed by atoms with Gasteiger partial charge in [0.05, 0.1) is 24.7 Å². The molecule has 0 spiro atoms. The maximum absolute atomic E-state index is 11.7. The van der Waals surface area contributed by atoms with E-state index in [1.807, 2.05) is 28.8 Å². The fraction of sp³-hybridized carbons (Fsp3) is 0.333. The van der Waals surface area contributed by atoms with Crippen molar-refractivity contribution in [2.45, 2.75) is 39.3 Å². The van der Waals surface area contributed by atoms with Gasteiger partial charge in [0.1, 0.15) is 6.54 Å². The summed E-state index contributed by atoms with van der Waals surface area (Å²) in [6, 6.07) is 16.3. The molecular formula is C21H25N3O2. The summed E-state index contributed by atoms with van der Waals surface area (Å²) < 4.78 is 8.38. The molecule has 1 aromatic heterocycles. The molecule has 0 bridgehead atoms. The van der Waals surface area contributed by atoms with E-state index in [-0.39, 0.29) is 23.5 Å². The molecule has 1 heterocycles. The third kappa shape index (κ3) is 3.43. The topological polar surface area (TPSA) is 60.0 Å². The predicted octanol–water partition coefficient (Wildman–Crippen LogP) is 3.44. The van der Waals surface area contributed by atoms with Crippen molar-refractivity contribution in [1.29, 1.82) is 5.41 Å². The number of ether oxygens (including phenoxy) is 1. The van der Waals surface area contributed by atoms with Crippen LogP contribution in [0.1, 0.15) is 31.9 Å². The third-order valence-electron chi connectivity index (χ3n) is 4.65. The molecule has 5 heteroatoms. The van der Waals surface area contributed by atoms with Gasteiger partial charge < -0.3 is 9.30 Å². The number of imidazole rings is 1. The van der Waals surface area contributed by atoms with Gasteiger partial charge in [-0.25, -0.2) is 0 Å². The average Bonchev–Trinajstić information content (AvgIpc) is 2.87. The Kier molecular flexibility index (Phi) is 4.72. The molecule has 3 rings (SSSR count). The Hall–Kier alpha value is -2.82. The minimum Gasteiger partial charge on any atom is -0.468 e. The van der Waals surface area contributed by atoms with Crippen LogP contribution in [0.3, 0.4) is 0 Å². The van der Waals surface area contributed by atoms with Crippen LogP contribution in [0.25, 0.3) is 11.0 Å². The van der Waals surface area contributed by atoms with Crippen LogP contribution in [-0.4, -0.2) is 22.2 Å². The molecular weight excluding hydrogens is 326 g/mol. The van der Waals surface area contributed by atoms with E-state index < -0.39 is 0 Å². The van der Waals surface area contributed by atoms with E-state index >= 15 is 0 Å². The maximum atomic E-state index is 11.7. The number of hydrogen-bond acceptors (Lipinski definition) is 3. The minimum atomic E-state index is -0.360. The summed E-state index contributed by atoms with van der Waals surface area (Å²) in [6.45, 7) is 7.20. The maximum Gasteiger partial charge on any atom is 0.325 e. The van der Waals surface area contributed by atoms with Gasteiger partial charge >= 0.3 is 5.97 Å². The Morgan fingerprint density at radius 1 is 1.00 bits per heavy atom. The Balaban J connectivity index is 2.01. The third-order valence-corrected chi connectivity index (χ3v) is 4.65. The lowest BCUT2D eigenvalue weighted by Crippen LogP contribution is -2.28. The number of nitrogens with zero attached hydrogens (tertiary/aromatic N) is 2. The van der Waals surface area contributed by atoms with Crippen LogP contribution < -0.4 is 5.62 Å². The summed E-state index contributed by atoms with van der Waals surface area (Å²) in [5.74, 6) is -0.360. The molecule has 0 saturated heterocycles. The SMILES string of the molecule is COC(=O)Cn1c(=N)n(Cc2ccc(C(C)(C)C)cc2)c2ccccc21. The van der Waals surface area contributed by atoms with E-state index in [4.69, 9.17) is 10.1 Å². The molecule has 2 aromatic carbocycles. The van der Waals surface area contributed by atoms with Crippen LogP contribution in [0.5, 0.6) is 0 Å². The molecule has 1 N–H and O–H groups in total. The summed E-state index contributed by atoms with van der Waals surface area (Å²) >= 11 is 0. The number of benzene rings is 2. The van der Waals surface area contributed by atoms with Crippen molar-refractivity contribution in [3.63, 3.8) is 0 Å². The summed E-state index contributed by atoms with van der Waals surface area (Å²) in [5.41, 5.74) is 4.60. The number of carbonyl (C=O) groups excluding carboxylic acids is 1. The van der Waals surface area contributed by atoms with Crippen molar-refractivity contribution >= 4 is 17.0 Å². The van der Waals surface area contributed by atoms with Crippen LogP contribution in [0.2, 0.25) is 0 Å². The molecule has 0 fully saturated rings. The highest BCUT2D eigenvalue weighted by Gasteiger charge is 2.15. The summed E-state index contributed by atoms with van der Waals surface area (Å²) in [7, 11) is 1.36. The first-order valence-corrected chi connectivity index (χ1v) is 8.70. The summed E-state index contributed by atoms with van der Waals surface area (Å²) in [6.07, 6.45) is 0. The Labute approximate surface area is 153 Å². The molecule has 5 nitrogen and oxygen atoms in total. The Morgan fingerprint density at radius 3 is 2.12 bits per heavy atom. The number of fused-ring (bicyclic) bond motifs is 1. The normalized spacial score (nSPS) is 11.7. The first-order valence-electron chi connectivity index (χ1n) is 8.70. The summed E-state index contributed by atoms with van der Waals surface area (Å²) in [5, 5.41) is 8.55. The van der Waals surface area contributed by atoms with Gasteiger partial charge in [0, 0.05) is 0 Å². The number of esters is 1. The van der Waals surface area contributed by atoms with E-state index in [9.17, 15) is 4.79 Å². The molecule has 0 aliphatic rings. The molecule has 26 heavy (non-hydrogen) atoms. The first kappa shape index (κ1) is 18.0. The van der Waals surface area contributed by atoms with Crippen LogP contribution in [0.15, 0.2) is 48.5 Å². The number of carbonyl (C=O) groups is 1. The quantitative estimate of drug-likeness (QED) is 0.732. The van der Waals surface area contributed by atoms with E-state index in [1.54, 1.807) is 4.57 Å². The van der Waals surface area contributed by atoms with Crippen LogP contribution in [0.4, 0.5) is 0 Å². The van der Waals surface area contributed by atoms with Gasteiger partial charge in [0.15, 0.2) is 0 Å². The van der Waals surface area contributed by atoms with Crippen molar-refractivity contribution in [1.82, 2.24) is 9.13 Å². The van der Waals surface area contributed by atoms with E-state index in [0.717, 1.165) is 16.6 Å². The lowest BCUT2D eigenvalue weighted by Gasteiger charge is -2.19. The standard InChI is InChI=1S/C21H25N3O2/c1-21(2,3)16-11-9-15(10-12-16)13-23-17-7-5-6-8-18(17)24(20(23)22)14-19(25)26-4/h5-12,22H,13-14H2,1-4H3. The fourth-order valence-electron chi connectivity index (χ4n) is 3.10. The molecule has 0 saturated carbocycles. The second-order valence-electron chi connectivity index (χ2n) is 7.51. The fourth-order valence-corrected chi connectivity index (χ4v) is 3.10. The number of para-hydroxylation sites is 2. The van der Waals surface area contributed by atoms with Gasteiger partial charge in [-0.05, 0) is 28.7 Å². The molecule has 136 valence electrons. The van der Waals surface area contributed by atoms with Crippen LogP contribution in [-0.2, 0) is 28.0 Å². The van der Waals surface area contributed by atoms with Crippen LogP contribution >= 0.6 is 0 Å². The van der Waals surface area contributed by atoms with Gasteiger partial charge in [-0.3, -0.25) is 14.8 Å². The van der Waals surface area contributed by atoms with Crippen molar-refractivity contribution < 1.29 is 9.53 Å². The molecule has 0 aliphatic carbocycles. The van der Waals surface area contributed by atoms with Gasteiger partial charge in [-0.1, -0.05) is 57.2 Å². The van der Waals surface area contributed by atoms with Crippen molar-refractivity contribution in [2.24, 2.45) is 0 Å². The van der Waals surface area contributed by atoms with Gasteiger partial charge in [-0.2, -0.15) is 0 Å². The van der Waals surface area contributed by atoms with Gasteiger partial charge in [0.25, 0.3) is 0 Å². The number of aromatic nitrogens is 2. The van der Waals surface area contributed by atoms with Crippen molar-refractivity contribution in [3.05, 3.63) is 65.3 Å². The molecule has 0 atom stereocenters. The highest BCUT2D eigenvalue weighted by molar-refractivity contribution is 5.78. The summed E-state index contributed by atoms with van der Waals surface area (Å²) in [4.78, 5) is 11.7. The second-order valence-corrected chi connectivity index (χ2v) is 7.51. The number of nitrogens with one attached hydrogen (secondary N) is 1. The first-order chi connectivity index (χ1) is 12.3. The largest absolute Gasteiger partial charge is 0.468 e. The zero-order valence-corrected chi connectivity index (χ0v) is 15.7. The van der Waals surface area contributed by atoms with Gasteiger partial charge in [0.2, 0.25) is 5.62 Å². The zero-order valence-electron chi connectivity index (χ0n) is 15.7. The molecule has 0 radical (unpaired) electrons. The number of rotatable bonds is 4. The number of hydrogen-bond donors (Lipinski definition) is 1. The van der Waals surface area contributed by atoms with Crippen molar-refractivity contribution in [3.8, 4) is 0 Å². The average molecular weight is 351 g/mol. The smallest absolute Gasteiger partial charge is 0.325 e. The monoisotopic (exact) mass is 351 g/mol. The highest BCUT2D eigenvalue weighted by Crippen LogP contribution is 2.23. The van der Waals surface area contributed by atoms with E-state index in [1.165, 1.54) is 12.7 Å². The number of methoxy groups -OCH3 is 1. The highest BCUT2D eigenvalue weighted by atomic mass is 16.5. The van der Waals surface area contributed by atoms with E-state index in [0.29, 0.717) is 6.54 Å². The van der Waals surface area contributed by atoms with E-state index in [2.05, 4.69) is 45.0 Å². The predicted molar refractivity (Wildman–Crippen MR) is 102 cm³/mol. The lowest BCUT2D eigenvalue weighted by molar-refractivity contribution is -0.141. The molecule has 0 amide bonds. The molecule has 0 unspecified atom stereocenters.